The van der Waals surface area contributed by atoms with Gasteiger partial charge in [-0.15, -0.1) is 11.3 Å². The highest BCUT2D eigenvalue weighted by molar-refractivity contribution is 7.09. The Morgan fingerprint density at radius 1 is 1.47 bits per heavy atom. The maximum absolute atomic E-state index is 11.3. The first-order chi connectivity index (χ1) is 9.11. The van der Waals surface area contributed by atoms with E-state index >= 15 is 0 Å². The number of nitrogens with zero attached hydrogens (tertiary/aromatic N) is 1. The van der Waals surface area contributed by atoms with Crippen LogP contribution in [-0.4, -0.2) is 25.0 Å². The zero-order valence-electron chi connectivity index (χ0n) is 11.3. The van der Waals surface area contributed by atoms with Gasteiger partial charge in [-0.05, 0) is 37.6 Å². The molecule has 2 aromatic rings. The van der Waals surface area contributed by atoms with Crippen molar-refractivity contribution < 1.29 is 13.9 Å². The van der Waals surface area contributed by atoms with Crippen molar-refractivity contribution in [3.8, 4) is 0 Å². The molecule has 2 heterocycles. The van der Waals surface area contributed by atoms with E-state index in [2.05, 4.69) is 21.1 Å². The number of furan rings is 1. The molecule has 0 bridgehead atoms. The van der Waals surface area contributed by atoms with E-state index in [1.165, 1.54) is 12.0 Å². The van der Waals surface area contributed by atoms with Gasteiger partial charge < -0.3 is 9.15 Å². The molecule has 0 saturated heterocycles. The van der Waals surface area contributed by atoms with Gasteiger partial charge in [0.15, 0.2) is 0 Å². The van der Waals surface area contributed by atoms with Gasteiger partial charge in [0.1, 0.15) is 5.76 Å². The first kappa shape index (κ1) is 13.8. The van der Waals surface area contributed by atoms with Crippen LogP contribution in [0.15, 0.2) is 34.1 Å². The maximum Gasteiger partial charge on any atom is 0.373 e. The van der Waals surface area contributed by atoms with Crippen LogP contribution in [-0.2, 0) is 11.3 Å². The van der Waals surface area contributed by atoms with Gasteiger partial charge >= 0.3 is 5.97 Å². The lowest BCUT2D eigenvalue weighted by Gasteiger charge is -2.22. The molecule has 0 amide bonds. The van der Waals surface area contributed by atoms with Crippen LogP contribution < -0.4 is 0 Å². The van der Waals surface area contributed by atoms with Crippen LogP contribution in [0.1, 0.15) is 34.2 Å². The molecule has 1 atom stereocenters. The average Bonchev–Trinajstić information content (AvgIpc) is 3.07. The van der Waals surface area contributed by atoms with E-state index in [0.29, 0.717) is 0 Å². The fraction of sp³-hybridized carbons (Fsp3) is 0.357. The summed E-state index contributed by atoms with van der Waals surface area (Å²) in [6.45, 7) is 2.90. The zero-order valence-corrected chi connectivity index (χ0v) is 12.1. The van der Waals surface area contributed by atoms with E-state index in [4.69, 9.17) is 4.42 Å². The third-order valence-corrected chi connectivity index (χ3v) is 3.93. The minimum atomic E-state index is -0.445. The Morgan fingerprint density at radius 3 is 2.89 bits per heavy atom. The second-order valence-electron chi connectivity index (χ2n) is 4.36. The van der Waals surface area contributed by atoms with Gasteiger partial charge in [-0.25, -0.2) is 4.79 Å². The summed E-state index contributed by atoms with van der Waals surface area (Å²) in [5.41, 5.74) is 0. The first-order valence-electron chi connectivity index (χ1n) is 6.02. The molecule has 2 rings (SSSR count). The quantitative estimate of drug-likeness (QED) is 0.787. The molecule has 102 valence electrons. The second-order valence-corrected chi connectivity index (χ2v) is 5.40. The van der Waals surface area contributed by atoms with Crippen LogP contribution in [0.4, 0.5) is 0 Å². The molecule has 2 aromatic heterocycles. The Hall–Kier alpha value is -1.59. The number of methoxy groups -OCH3 is 1. The summed E-state index contributed by atoms with van der Waals surface area (Å²) >= 11 is 1.73. The molecule has 0 aromatic carbocycles. The van der Waals surface area contributed by atoms with Gasteiger partial charge in [0.25, 0.3) is 0 Å². The number of rotatable bonds is 5. The highest BCUT2D eigenvalue weighted by atomic mass is 32.1. The van der Waals surface area contributed by atoms with Crippen LogP contribution in [0.5, 0.6) is 0 Å². The number of hydrogen-bond acceptors (Lipinski definition) is 5. The topological polar surface area (TPSA) is 42.7 Å². The molecule has 0 aliphatic rings. The molecule has 0 radical (unpaired) electrons. The number of carbonyl (C=O) groups excluding carboxylic acids is 1. The van der Waals surface area contributed by atoms with E-state index < -0.39 is 5.97 Å². The van der Waals surface area contributed by atoms with Crippen LogP contribution >= 0.6 is 11.3 Å². The van der Waals surface area contributed by atoms with Crippen molar-refractivity contribution in [2.45, 2.75) is 19.5 Å². The van der Waals surface area contributed by atoms with Crippen LogP contribution in [0.25, 0.3) is 0 Å². The number of ether oxygens (including phenoxy) is 1. The highest BCUT2D eigenvalue weighted by Gasteiger charge is 2.18. The van der Waals surface area contributed by atoms with Crippen molar-refractivity contribution in [1.82, 2.24) is 4.90 Å². The molecule has 0 aliphatic carbocycles. The molecule has 19 heavy (non-hydrogen) atoms. The van der Waals surface area contributed by atoms with Gasteiger partial charge in [0.2, 0.25) is 5.76 Å². The molecule has 0 aliphatic heterocycles. The monoisotopic (exact) mass is 279 g/mol. The minimum absolute atomic E-state index is 0.0977. The lowest BCUT2D eigenvalue weighted by Crippen LogP contribution is -2.21. The van der Waals surface area contributed by atoms with E-state index in [1.54, 1.807) is 17.4 Å². The Labute approximate surface area is 116 Å². The van der Waals surface area contributed by atoms with Gasteiger partial charge in [-0.1, -0.05) is 6.07 Å². The molecular formula is C14H17NO3S. The molecule has 0 saturated carbocycles. The van der Waals surface area contributed by atoms with E-state index in [0.717, 1.165) is 12.3 Å². The van der Waals surface area contributed by atoms with Crippen molar-refractivity contribution in [3.63, 3.8) is 0 Å². The average molecular weight is 279 g/mol. The molecule has 4 nitrogen and oxygen atoms in total. The number of carbonyl (C=O) groups is 1. The third kappa shape index (κ3) is 3.24. The fourth-order valence-corrected chi connectivity index (χ4v) is 2.56. The summed E-state index contributed by atoms with van der Waals surface area (Å²) < 4.78 is 10.2. The van der Waals surface area contributed by atoms with Crippen molar-refractivity contribution in [3.05, 3.63) is 46.0 Å². The third-order valence-electron chi connectivity index (χ3n) is 3.07. The molecular weight excluding hydrogens is 262 g/mol. The normalized spacial score (nSPS) is 12.6. The van der Waals surface area contributed by atoms with Gasteiger partial charge in [0.05, 0.1) is 13.2 Å². The van der Waals surface area contributed by atoms with Crippen LogP contribution in [0.2, 0.25) is 0 Å². The lowest BCUT2D eigenvalue weighted by atomic mass is 10.2. The Bertz CT molecular complexity index is 533. The minimum Gasteiger partial charge on any atom is -0.463 e. The number of hydrogen-bond donors (Lipinski definition) is 0. The zero-order chi connectivity index (χ0) is 13.8. The summed E-state index contributed by atoms with van der Waals surface area (Å²) in [4.78, 5) is 14.8. The lowest BCUT2D eigenvalue weighted by molar-refractivity contribution is 0.0559. The Balaban J connectivity index is 2.04. The fourth-order valence-electron chi connectivity index (χ4n) is 1.79. The predicted octanol–water partition coefficient (Wildman–Crippen LogP) is 3.32. The summed E-state index contributed by atoms with van der Waals surface area (Å²) in [5, 5.41) is 2.07. The summed E-state index contributed by atoms with van der Waals surface area (Å²) in [5.74, 6) is 0.563. The molecule has 0 N–H and O–H groups in total. The number of esters is 1. The Kier molecular flexibility index (Phi) is 4.39. The maximum atomic E-state index is 11.3. The SMILES string of the molecule is COC(=O)c1ccc(C(C)N(C)Cc2cccs2)o1. The van der Waals surface area contributed by atoms with Crippen LogP contribution in [0, 0.1) is 0 Å². The van der Waals surface area contributed by atoms with Crippen LogP contribution in [0.3, 0.4) is 0 Å². The van der Waals surface area contributed by atoms with Crippen molar-refractivity contribution in [1.29, 1.82) is 0 Å². The van der Waals surface area contributed by atoms with Crippen molar-refractivity contribution >= 4 is 17.3 Å². The van der Waals surface area contributed by atoms with Gasteiger partial charge in [-0.3, -0.25) is 4.90 Å². The Morgan fingerprint density at radius 2 is 2.26 bits per heavy atom. The van der Waals surface area contributed by atoms with E-state index in [1.807, 2.05) is 26.1 Å². The summed E-state index contributed by atoms with van der Waals surface area (Å²) in [7, 11) is 3.38. The first-order valence-corrected chi connectivity index (χ1v) is 6.90. The summed E-state index contributed by atoms with van der Waals surface area (Å²) in [6, 6.07) is 7.72. The van der Waals surface area contributed by atoms with Gasteiger partial charge in [-0.2, -0.15) is 0 Å². The van der Waals surface area contributed by atoms with Crippen molar-refractivity contribution in [2.24, 2.45) is 0 Å². The number of thiophene rings is 1. The largest absolute Gasteiger partial charge is 0.463 e. The summed E-state index contributed by atoms with van der Waals surface area (Å²) in [6.07, 6.45) is 0. The molecule has 5 heteroatoms. The highest BCUT2D eigenvalue weighted by Crippen LogP contribution is 2.24. The van der Waals surface area contributed by atoms with Gasteiger partial charge in [0, 0.05) is 11.4 Å². The molecule has 1 unspecified atom stereocenters. The predicted molar refractivity (Wildman–Crippen MR) is 74.2 cm³/mol. The standard InChI is InChI=1S/C14H17NO3S/c1-10(15(2)9-11-5-4-8-19-11)12-6-7-13(18-12)14(16)17-3/h4-8,10H,9H2,1-3H3. The molecule has 0 spiro atoms. The molecule has 0 fully saturated rings. The second kappa shape index (κ2) is 6.04. The van der Waals surface area contributed by atoms with E-state index in [-0.39, 0.29) is 11.8 Å². The van der Waals surface area contributed by atoms with E-state index in [9.17, 15) is 4.79 Å². The smallest absolute Gasteiger partial charge is 0.373 e. The van der Waals surface area contributed by atoms with Crippen molar-refractivity contribution in [2.75, 3.05) is 14.2 Å².